The molecule has 6 heteroatoms. The minimum Gasteiger partial charge on any atom is -0.351 e. The zero-order valence-corrected chi connectivity index (χ0v) is 13.2. The number of carbonyl (C=O) groups excluding carboxylic acids is 1. The predicted octanol–water partition coefficient (Wildman–Crippen LogP) is 2.59. The van der Waals surface area contributed by atoms with Gasteiger partial charge < -0.3 is 9.88 Å². The second-order valence-corrected chi connectivity index (χ2v) is 5.35. The number of nitrogens with zero attached hydrogens (tertiary/aromatic N) is 3. The molecule has 0 unspecified atom stereocenters. The van der Waals surface area contributed by atoms with Gasteiger partial charge in [0.1, 0.15) is 11.6 Å². The van der Waals surface area contributed by atoms with Gasteiger partial charge in [0, 0.05) is 25.6 Å². The Morgan fingerprint density at radius 2 is 1.79 bits per heavy atom. The first-order valence-corrected chi connectivity index (χ1v) is 7.63. The number of amides is 1. The molecule has 1 N–H and O–H groups in total. The van der Waals surface area contributed by atoms with E-state index >= 15 is 0 Å². The molecule has 0 atom stereocenters. The fraction of sp³-hybridized carbons (Fsp3) is 0.167. The van der Waals surface area contributed by atoms with E-state index in [9.17, 15) is 9.18 Å². The first-order chi connectivity index (χ1) is 11.7. The van der Waals surface area contributed by atoms with E-state index in [-0.39, 0.29) is 5.56 Å². The molecular weight excluding hydrogens is 307 g/mol. The van der Waals surface area contributed by atoms with E-state index in [0.29, 0.717) is 13.0 Å². The molecule has 0 fully saturated rings. The van der Waals surface area contributed by atoms with Crippen LogP contribution in [0.1, 0.15) is 16.2 Å². The lowest BCUT2D eigenvalue weighted by molar-refractivity contribution is 0.0950. The molecule has 0 saturated heterocycles. The Kier molecular flexibility index (Phi) is 4.65. The zero-order valence-electron chi connectivity index (χ0n) is 13.2. The van der Waals surface area contributed by atoms with E-state index in [4.69, 9.17) is 0 Å². The summed E-state index contributed by atoms with van der Waals surface area (Å²) in [4.78, 5) is 12.0. The molecule has 0 bridgehead atoms. The lowest BCUT2D eigenvalue weighted by Crippen LogP contribution is -2.27. The van der Waals surface area contributed by atoms with Crippen LogP contribution in [0.15, 0.2) is 54.6 Å². The Hall–Kier alpha value is -3.02. The van der Waals surface area contributed by atoms with Crippen LogP contribution in [0.2, 0.25) is 0 Å². The smallest absolute Gasteiger partial charge is 0.254 e. The fourth-order valence-electron chi connectivity index (χ4n) is 2.45. The van der Waals surface area contributed by atoms with Crippen LogP contribution in [-0.2, 0) is 13.5 Å². The Bertz CT molecular complexity index is 845. The molecule has 0 aliphatic rings. The second kappa shape index (κ2) is 7.04. The summed E-state index contributed by atoms with van der Waals surface area (Å²) < 4.78 is 15.5. The molecular formula is C18H17FN4O. The van der Waals surface area contributed by atoms with Gasteiger partial charge in [0.05, 0.1) is 5.56 Å². The standard InChI is InChI=1S/C18H17FN4O/c1-23-16(21-22-17(23)13-7-3-2-4-8-13)11-12-20-18(24)14-9-5-6-10-15(14)19/h2-10H,11-12H2,1H3,(H,20,24). The van der Waals surface area contributed by atoms with Gasteiger partial charge in [-0.25, -0.2) is 4.39 Å². The first kappa shape index (κ1) is 15.9. The van der Waals surface area contributed by atoms with Gasteiger partial charge in [-0.05, 0) is 12.1 Å². The van der Waals surface area contributed by atoms with Crippen molar-refractivity contribution in [3.8, 4) is 11.4 Å². The molecule has 24 heavy (non-hydrogen) atoms. The monoisotopic (exact) mass is 324 g/mol. The van der Waals surface area contributed by atoms with E-state index in [1.807, 2.05) is 41.9 Å². The number of carbonyl (C=O) groups is 1. The molecule has 0 aliphatic heterocycles. The maximum absolute atomic E-state index is 13.6. The minimum atomic E-state index is -0.528. The van der Waals surface area contributed by atoms with Crippen molar-refractivity contribution < 1.29 is 9.18 Å². The maximum Gasteiger partial charge on any atom is 0.254 e. The second-order valence-electron chi connectivity index (χ2n) is 5.35. The van der Waals surface area contributed by atoms with Crippen LogP contribution < -0.4 is 5.32 Å². The van der Waals surface area contributed by atoms with Crippen LogP contribution in [0.3, 0.4) is 0 Å². The highest BCUT2D eigenvalue weighted by Crippen LogP contribution is 2.16. The van der Waals surface area contributed by atoms with Crippen molar-refractivity contribution in [1.29, 1.82) is 0 Å². The van der Waals surface area contributed by atoms with Crippen molar-refractivity contribution in [2.75, 3.05) is 6.54 Å². The molecule has 0 radical (unpaired) electrons. The number of hydrogen-bond acceptors (Lipinski definition) is 3. The molecule has 0 saturated carbocycles. The van der Waals surface area contributed by atoms with Gasteiger partial charge >= 0.3 is 0 Å². The van der Waals surface area contributed by atoms with E-state index in [1.54, 1.807) is 12.1 Å². The minimum absolute atomic E-state index is 0.0421. The van der Waals surface area contributed by atoms with Crippen LogP contribution in [0.25, 0.3) is 11.4 Å². The Balaban J connectivity index is 1.63. The molecule has 1 aromatic heterocycles. The Labute approximate surface area is 139 Å². The summed E-state index contributed by atoms with van der Waals surface area (Å²) in [6, 6.07) is 15.7. The van der Waals surface area contributed by atoms with Gasteiger partial charge in [0.2, 0.25) is 0 Å². The van der Waals surface area contributed by atoms with Crippen molar-refractivity contribution in [1.82, 2.24) is 20.1 Å². The third-order valence-corrected chi connectivity index (χ3v) is 3.75. The maximum atomic E-state index is 13.6. The average molecular weight is 324 g/mol. The average Bonchev–Trinajstić information content (AvgIpc) is 2.97. The van der Waals surface area contributed by atoms with E-state index in [0.717, 1.165) is 17.2 Å². The summed E-state index contributed by atoms with van der Waals surface area (Å²) in [5.41, 5.74) is 1.02. The van der Waals surface area contributed by atoms with Crippen LogP contribution in [0.5, 0.6) is 0 Å². The van der Waals surface area contributed by atoms with Crippen molar-refractivity contribution in [3.63, 3.8) is 0 Å². The predicted molar refractivity (Wildman–Crippen MR) is 88.9 cm³/mol. The highest BCUT2D eigenvalue weighted by molar-refractivity contribution is 5.94. The van der Waals surface area contributed by atoms with Gasteiger partial charge in [-0.2, -0.15) is 0 Å². The Morgan fingerprint density at radius 3 is 2.54 bits per heavy atom. The molecule has 1 heterocycles. The van der Waals surface area contributed by atoms with Gasteiger partial charge in [-0.3, -0.25) is 4.79 Å². The van der Waals surface area contributed by atoms with Crippen LogP contribution >= 0.6 is 0 Å². The number of halogens is 1. The number of rotatable bonds is 5. The van der Waals surface area contributed by atoms with Crippen LogP contribution in [0, 0.1) is 5.82 Å². The molecule has 5 nitrogen and oxygen atoms in total. The lowest BCUT2D eigenvalue weighted by Gasteiger charge is -2.06. The van der Waals surface area contributed by atoms with E-state index in [2.05, 4.69) is 15.5 Å². The summed E-state index contributed by atoms with van der Waals surface area (Å²) in [5, 5.41) is 11.1. The summed E-state index contributed by atoms with van der Waals surface area (Å²) >= 11 is 0. The highest BCUT2D eigenvalue weighted by atomic mass is 19.1. The van der Waals surface area contributed by atoms with Crippen molar-refractivity contribution in [3.05, 3.63) is 71.8 Å². The lowest BCUT2D eigenvalue weighted by atomic mass is 10.2. The molecule has 122 valence electrons. The van der Waals surface area contributed by atoms with Gasteiger partial charge in [0.15, 0.2) is 5.82 Å². The van der Waals surface area contributed by atoms with Gasteiger partial charge in [0.25, 0.3) is 5.91 Å². The fourth-order valence-corrected chi connectivity index (χ4v) is 2.45. The van der Waals surface area contributed by atoms with Crippen molar-refractivity contribution >= 4 is 5.91 Å². The summed E-state index contributed by atoms with van der Waals surface area (Å²) in [6.07, 6.45) is 0.510. The highest BCUT2D eigenvalue weighted by Gasteiger charge is 2.12. The van der Waals surface area contributed by atoms with Crippen LogP contribution in [-0.4, -0.2) is 27.2 Å². The zero-order chi connectivity index (χ0) is 16.9. The van der Waals surface area contributed by atoms with Gasteiger partial charge in [-0.1, -0.05) is 42.5 Å². The van der Waals surface area contributed by atoms with E-state index in [1.165, 1.54) is 12.1 Å². The number of nitrogens with one attached hydrogen (secondary N) is 1. The molecule has 3 rings (SSSR count). The Morgan fingerprint density at radius 1 is 1.08 bits per heavy atom. The SMILES string of the molecule is Cn1c(CCNC(=O)c2ccccc2F)nnc1-c1ccccc1. The van der Waals surface area contributed by atoms with Crippen molar-refractivity contribution in [2.24, 2.45) is 7.05 Å². The number of aromatic nitrogens is 3. The van der Waals surface area contributed by atoms with Gasteiger partial charge in [-0.15, -0.1) is 10.2 Å². The first-order valence-electron chi connectivity index (χ1n) is 7.63. The third-order valence-electron chi connectivity index (χ3n) is 3.75. The summed E-state index contributed by atoms with van der Waals surface area (Å²) in [6.45, 7) is 0.355. The number of hydrogen-bond donors (Lipinski definition) is 1. The van der Waals surface area contributed by atoms with Crippen LogP contribution in [0.4, 0.5) is 4.39 Å². The summed E-state index contributed by atoms with van der Waals surface area (Å²) in [5.74, 6) is 0.562. The quantitative estimate of drug-likeness (QED) is 0.785. The molecule has 3 aromatic rings. The molecule has 2 aromatic carbocycles. The largest absolute Gasteiger partial charge is 0.351 e. The topological polar surface area (TPSA) is 59.8 Å². The summed E-state index contributed by atoms with van der Waals surface area (Å²) in [7, 11) is 1.89. The van der Waals surface area contributed by atoms with E-state index < -0.39 is 11.7 Å². The normalized spacial score (nSPS) is 10.6. The molecule has 1 amide bonds. The van der Waals surface area contributed by atoms with Crippen molar-refractivity contribution in [2.45, 2.75) is 6.42 Å². The number of benzene rings is 2. The molecule has 0 spiro atoms. The molecule has 0 aliphatic carbocycles. The third kappa shape index (κ3) is 3.32.